The fourth-order valence-corrected chi connectivity index (χ4v) is 2.79. The molecule has 0 aliphatic heterocycles. The molecule has 2 aromatic rings. The van der Waals surface area contributed by atoms with Crippen molar-refractivity contribution >= 4 is 29.3 Å². The Labute approximate surface area is 150 Å². The molecule has 0 saturated heterocycles. The predicted octanol–water partition coefficient (Wildman–Crippen LogP) is 2.90. The summed E-state index contributed by atoms with van der Waals surface area (Å²) in [6.45, 7) is 0.423. The Kier molecular flexibility index (Phi) is 7.16. The Morgan fingerprint density at radius 1 is 1.24 bits per heavy atom. The van der Waals surface area contributed by atoms with E-state index >= 15 is 0 Å². The van der Waals surface area contributed by atoms with Crippen LogP contribution in [0.1, 0.15) is 18.5 Å². The van der Waals surface area contributed by atoms with Crippen LogP contribution in [0.3, 0.4) is 0 Å². The molecular weight excluding hydrogens is 340 g/mol. The first-order valence-corrected chi connectivity index (χ1v) is 8.63. The summed E-state index contributed by atoms with van der Waals surface area (Å²) in [7, 11) is 2.97. The molecule has 0 atom stereocenters. The molecule has 132 valence electrons. The predicted molar refractivity (Wildman–Crippen MR) is 97.4 cm³/mol. The highest BCUT2D eigenvalue weighted by Crippen LogP contribution is 2.26. The van der Waals surface area contributed by atoms with E-state index < -0.39 is 0 Å². The van der Waals surface area contributed by atoms with Crippen LogP contribution >= 0.6 is 11.3 Å². The van der Waals surface area contributed by atoms with Gasteiger partial charge in [-0.25, -0.2) is 4.98 Å². The maximum atomic E-state index is 11.7. The lowest BCUT2D eigenvalue weighted by Crippen LogP contribution is -2.22. The van der Waals surface area contributed by atoms with Crippen LogP contribution in [0.5, 0.6) is 5.75 Å². The molecule has 1 aromatic carbocycles. The van der Waals surface area contributed by atoms with Gasteiger partial charge >= 0.3 is 5.97 Å². The molecule has 1 amide bonds. The number of thiazole rings is 1. The molecule has 7 heteroatoms. The van der Waals surface area contributed by atoms with E-state index in [2.05, 4.69) is 15.0 Å². The van der Waals surface area contributed by atoms with Gasteiger partial charge in [-0.15, -0.1) is 11.3 Å². The average Bonchev–Trinajstić information content (AvgIpc) is 3.12. The Morgan fingerprint density at radius 2 is 2.00 bits per heavy atom. The summed E-state index contributed by atoms with van der Waals surface area (Å²) < 4.78 is 9.67. The Hall–Kier alpha value is -2.67. The van der Waals surface area contributed by atoms with Crippen molar-refractivity contribution in [1.29, 1.82) is 0 Å². The molecule has 0 radical (unpaired) electrons. The number of ether oxygens (including phenoxy) is 2. The highest BCUT2D eigenvalue weighted by molar-refractivity contribution is 7.13. The molecular formula is C18H20N2O4S. The Bertz CT molecular complexity index is 738. The molecule has 1 heterocycles. The second-order valence-corrected chi connectivity index (χ2v) is 5.97. The van der Waals surface area contributed by atoms with Gasteiger partial charge in [0, 0.05) is 30.0 Å². The number of nitrogens with zero attached hydrogens (tertiary/aromatic N) is 1. The fraction of sp³-hybridized carbons (Fsp3) is 0.278. The first-order chi connectivity index (χ1) is 12.1. The van der Waals surface area contributed by atoms with Gasteiger partial charge < -0.3 is 14.8 Å². The van der Waals surface area contributed by atoms with E-state index in [4.69, 9.17) is 4.74 Å². The SMILES string of the molecule is COC(=O)CCCNC(=O)/C=C/c1csc(-c2ccc(OC)cc2)n1. The minimum absolute atomic E-state index is 0.219. The van der Waals surface area contributed by atoms with E-state index in [0.717, 1.165) is 22.0 Å². The van der Waals surface area contributed by atoms with Crippen LogP contribution in [0.4, 0.5) is 0 Å². The Balaban J connectivity index is 1.84. The highest BCUT2D eigenvalue weighted by Gasteiger charge is 2.04. The summed E-state index contributed by atoms with van der Waals surface area (Å²) in [6.07, 6.45) is 3.94. The van der Waals surface area contributed by atoms with Gasteiger partial charge in [0.1, 0.15) is 10.8 Å². The van der Waals surface area contributed by atoms with Gasteiger partial charge in [-0.3, -0.25) is 9.59 Å². The maximum absolute atomic E-state index is 11.7. The van der Waals surface area contributed by atoms with E-state index in [1.807, 2.05) is 29.6 Å². The first-order valence-electron chi connectivity index (χ1n) is 7.75. The van der Waals surface area contributed by atoms with Crippen LogP contribution < -0.4 is 10.1 Å². The zero-order valence-electron chi connectivity index (χ0n) is 14.2. The molecule has 0 aliphatic carbocycles. The number of hydrogen-bond donors (Lipinski definition) is 1. The van der Waals surface area contributed by atoms with Gasteiger partial charge in [-0.05, 0) is 36.8 Å². The minimum atomic E-state index is -0.279. The molecule has 0 bridgehead atoms. The van der Waals surface area contributed by atoms with Gasteiger partial charge in [0.25, 0.3) is 0 Å². The van der Waals surface area contributed by atoms with E-state index in [1.54, 1.807) is 13.2 Å². The number of carbonyl (C=O) groups is 2. The molecule has 1 N–H and O–H groups in total. The fourth-order valence-electron chi connectivity index (χ4n) is 2.00. The van der Waals surface area contributed by atoms with Crippen LogP contribution in [-0.4, -0.2) is 37.6 Å². The quantitative estimate of drug-likeness (QED) is 0.445. The van der Waals surface area contributed by atoms with E-state index in [9.17, 15) is 9.59 Å². The van der Waals surface area contributed by atoms with Crippen molar-refractivity contribution in [2.24, 2.45) is 0 Å². The maximum Gasteiger partial charge on any atom is 0.305 e. The normalized spacial score (nSPS) is 10.6. The molecule has 0 saturated carbocycles. The summed E-state index contributed by atoms with van der Waals surface area (Å²) >= 11 is 1.51. The van der Waals surface area contributed by atoms with Crippen molar-refractivity contribution in [3.8, 4) is 16.3 Å². The molecule has 0 aliphatic rings. The van der Waals surface area contributed by atoms with E-state index in [-0.39, 0.29) is 18.3 Å². The van der Waals surface area contributed by atoms with Crippen molar-refractivity contribution in [3.63, 3.8) is 0 Å². The van der Waals surface area contributed by atoms with E-state index in [1.165, 1.54) is 24.5 Å². The number of carbonyl (C=O) groups excluding carboxylic acids is 2. The third-order valence-electron chi connectivity index (χ3n) is 3.35. The average molecular weight is 360 g/mol. The summed E-state index contributed by atoms with van der Waals surface area (Å²) in [4.78, 5) is 27.2. The first kappa shape index (κ1) is 18.7. The molecule has 6 nitrogen and oxygen atoms in total. The molecule has 0 fully saturated rings. The smallest absolute Gasteiger partial charge is 0.305 e. The van der Waals surface area contributed by atoms with Gasteiger partial charge in [0.05, 0.1) is 19.9 Å². The minimum Gasteiger partial charge on any atom is -0.497 e. The van der Waals surface area contributed by atoms with Crippen molar-refractivity contribution in [1.82, 2.24) is 10.3 Å². The van der Waals surface area contributed by atoms with Gasteiger partial charge in [0.2, 0.25) is 5.91 Å². The number of rotatable bonds is 8. The van der Waals surface area contributed by atoms with Crippen molar-refractivity contribution in [3.05, 3.63) is 41.4 Å². The number of hydrogen-bond acceptors (Lipinski definition) is 6. The zero-order valence-corrected chi connectivity index (χ0v) is 15.0. The van der Waals surface area contributed by atoms with Crippen molar-refractivity contribution in [2.75, 3.05) is 20.8 Å². The number of nitrogens with one attached hydrogen (secondary N) is 1. The number of amides is 1. The third kappa shape index (κ3) is 6.04. The van der Waals surface area contributed by atoms with Crippen molar-refractivity contribution in [2.45, 2.75) is 12.8 Å². The summed E-state index contributed by atoms with van der Waals surface area (Å²) in [5, 5.41) is 5.48. The third-order valence-corrected chi connectivity index (χ3v) is 4.26. The van der Waals surface area contributed by atoms with Gasteiger partial charge in [-0.1, -0.05) is 0 Å². The van der Waals surface area contributed by atoms with Crippen LogP contribution in [0, 0.1) is 0 Å². The Morgan fingerprint density at radius 3 is 2.68 bits per heavy atom. The van der Waals surface area contributed by atoms with Crippen LogP contribution in [0.2, 0.25) is 0 Å². The lowest BCUT2D eigenvalue weighted by atomic mass is 10.2. The monoisotopic (exact) mass is 360 g/mol. The standard InChI is InChI=1S/C18H20N2O4S/c1-23-15-8-5-13(6-9-15)18-20-14(12-25-18)7-10-16(21)19-11-3-4-17(22)24-2/h5-10,12H,3-4,11H2,1-2H3,(H,19,21)/b10-7+. The molecule has 25 heavy (non-hydrogen) atoms. The summed E-state index contributed by atoms with van der Waals surface area (Å²) in [6, 6.07) is 7.65. The number of benzene rings is 1. The molecule has 0 spiro atoms. The van der Waals surface area contributed by atoms with Crippen LogP contribution in [0.25, 0.3) is 16.6 Å². The second-order valence-electron chi connectivity index (χ2n) is 5.11. The van der Waals surface area contributed by atoms with Crippen molar-refractivity contribution < 1.29 is 19.1 Å². The lowest BCUT2D eigenvalue weighted by molar-refractivity contribution is -0.140. The summed E-state index contributed by atoms with van der Waals surface area (Å²) in [5.41, 5.74) is 1.72. The van der Waals surface area contributed by atoms with Crippen LogP contribution in [0.15, 0.2) is 35.7 Å². The number of methoxy groups -OCH3 is 2. The van der Waals surface area contributed by atoms with Gasteiger partial charge in [-0.2, -0.15) is 0 Å². The van der Waals surface area contributed by atoms with Gasteiger partial charge in [0.15, 0.2) is 0 Å². The van der Waals surface area contributed by atoms with E-state index in [0.29, 0.717) is 13.0 Å². The number of aromatic nitrogens is 1. The largest absolute Gasteiger partial charge is 0.497 e. The molecule has 1 aromatic heterocycles. The number of esters is 1. The summed E-state index contributed by atoms with van der Waals surface area (Å²) in [5.74, 6) is 0.298. The van der Waals surface area contributed by atoms with Crippen LogP contribution in [-0.2, 0) is 14.3 Å². The lowest BCUT2D eigenvalue weighted by Gasteiger charge is -2.01. The highest BCUT2D eigenvalue weighted by atomic mass is 32.1. The second kappa shape index (κ2) is 9.58. The zero-order chi connectivity index (χ0) is 18.1. The molecule has 0 unspecified atom stereocenters. The molecule has 2 rings (SSSR count). The topological polar surface area (TPSA) is 77.5 Å².